The monoisotopic (exact) mass is 273 g/mol. The number of carbonyl (C=O) groups is 2. The van der Waals surface area contributed by atoms with Crippen molar-refractivity contribution >= 4 is 11.8 Å². The Labute approximate surface area is 116 Å². The summed E-state index contributed by atoms with van der Waals surface area (Å²) in [4.78, 5) is 24.9. The summed E-state index contributed by atoms with van der Waals surface area (Å²) in [6, 6.07) is 8.08. The maximum atomic E-state index is 12.2. The minimum atomic E-state index is -0.561. The molecule has 6 heteroatoms. The standard InChI is InChI=1S/C14H15N3O3/c1-9-6-12(16-20-9)8-17(2)14(19)11-5-3-4-10(7-11)13(15)18/h3-7H,8H2,1-2H3,(H2,15,18). The summed E-state index contributed by atoms with van der Waals surface area (Å²) >= 11 is 0. The van der Waals surface area contributed by atoms with Gasteiger partial charge >= 0.3 is 0 Å². The van der Waals surface area contributed by atoms with Crippen molar-refractivity contribution in [1.29, 1.82) is 0 Å². The van der Waals surface area contributed by atoms with E-state index in [1.807, 2.05) is 0 Å². The molecule has 6 nitrogen and oxygen atoms in total. The van der Waals surface area contributed by atoms with Crippen molar-refractivity contribution in [2.24, 2.45) is 5.73 Å². The highest BCUT2D eigenvalue weighted by atomic mass is 16.5. The summed E-state index contributed by atoms with van der Waals surface area (Å²) < 4.78 is 4.95. The van der Waals surface area contributed by atoms with Crippen LogP contribution in [0.15, 0.2) is 34.9 Å². The molecule has 0 fully saturated rings. The first kappa shape index (κ1) is 13.8. The average molecular weight is 273 g/mol. The Hall–Kier alpha value is -2.63. The van der Waals surface area contributed by atoms with Gasteiger partial charge < -0.3 is 15.2 Å². The Morgan fingerprint density at radius 1 is 1.30 bits per heavy atom. The number of primary amides is 1. The minimum Gasteiger partial charge on any atom is -0.366 e. The molecule has 0 spiro atoms. The first-order valence-corrected chi connectivity index (χ1v) is 6.05. The fourth-order valence-corrected chi connectivity index (χ4v) is 1.83. The van der Waals surface area contributed by atoms with E-state index in [-0.39, 0.29) is 5.91 Å². The zero-order valence-corrected chi connectivity index (χ0v) is 11.3. The summed E-state index contributed by atoms with van der Waals surface area (Å²) in [5.41, 5.74) is 6.58. The van der Waals surface area contributed by atoms with Crippen LogP contribution >= 0.6 is 0 Å². The first-order chi connectivity index (χ1) is 9.47. The van der Waals surface area contributed by atoms with Gasteiger partial charge in [-0.3, -0.25) is 9.59 Å². The third kappa shape index (κ3) is 3.03. The van der Waals surface area contributed by atoms with Crippen LogP contribution in [0.25, 0.3) is 0 Å². The van der Waals surface area contributed by atoms with Gasteiger partial charge in [0.05, 0.1) is 6.54 Å². The topological polar surface area (TPSA) is 89.4 Å². The van der Waals surface area contributed by atoms with Gasteiger partial charge in [-0.15, -0.1) is 0 Å². The SMILES string of the molecule is Cc1cc(CN(C)C(=O)c2cccc(C(N)=O)c2)no1. The number of nitrogens with two attached hydrogens (primary N) is 1. The Morgan fingerprint density at radius 2 is 2.00 bits per heavy atom. The Morgan fingerprint density at radius 3 is 2.60 bits per heavy atom. The summed E-state index contributed by atoms with van der Waals surface area (Å²) in [5.74, 6) is -0.0836. The van der Waals surface area contributed by atoms with E-state index in [4.69, 9.17) is 10.3 Å². The van der Waals surface area contributed by atoms with Gasteiger partial charge in [0.25, 0.3) is 5.91 Å². The molecule has 1 aromatic heterocycles. The number of aryl methyl sites for hydroxylation is 1. The minimum absolute atomic E-state index is 0.214. The predicted molar refractivity (Wildman–Crippen MR) is 72.0 cm³/mol. The maximum absolute atomic E-state index is 12.2. The Kier molecular flexibility index (Phi) is 3.84. The second kappa shape index (κ2) is 5.56. The lowest BCUT2D eigenvalue weighted by Crippen LogP contribution is -2.26. The molecule has 0 saturated heterocycles. The van der Waals surface area contributed by atoms with Crippen LogP contribution in [0.4, 0.5) is 0 Å². The van der Waals surface area contributed by atoms with E-state index in [0.29, 0.717) is 29.1 Å². The van der Waals surface area contributed by atoms with Crippen LogP contribution < -0.4 is 5.73 Å². The summed E-state index contributed by atoms with van der Waals surface area (Å²) in [5, 5.41) is 3.83. The van der Waals surface area contributed by atoms with Crippen LogP contribution in [-0.2, 0) is 6.54 Å². The molecule has 1 aromatic carbocycles. The van der Waals surface area contributed by atoms with Gasteiger partial charge in [0.15, 0.2) is 0 Å². The number of hydrogen-bond donors (Lipinski definition) is 1. The molecular weight excluding hydrogens is 258 g/mol. The molecule has 0 atom stereocenters. The lowest BCUT2D eigenvalue weighted by molar-refractivity contribution is 0.0782. The van der Waals surface area contributed by atoms with Crippen LogP contribution in [0.5, 0.6) is 0 Å². The van der Waals surface area contributed by atoms with Gasteiger partial charge in [-0.25, -0.2) is 0 Å². The predicted octanol–water partition coefficient (Wildman–Crippen LogP) is 1.35. The van der Waals surface area contributed by atoms with Gasteiger partial charge in [0.2, 0.25) is 5.91 Å². The molecule has 0 bridgehead atoms. The number of nitrogens with zero attached hydrogens (tertiary/aromatic N) is 2. The van der Waals surface area contributed by atoms with Crippen molar-refractivity contribution in [3.63, 3.8) is 0 Å². The number of aromatic nitrogens is 1. The quantitative estimate of drug-likeness (QED) is 0.910. The normalized spacial score (nSPS) is 10.3. The third-order valence-electron chi connectivity index (χ3n) is 2.82. The molecule has 0 radical (unpaired) electrons. The lowest BCUT2D eigenvalue weighted by Gasteiger charge is -2.15. The summed E-state index contributed by atoms with van der Waals surface area (Å²) in [6.45, 7) is 2.12. The van der Waals surface area contributed by atoms with Gasteiger partial charge in [0, 0.05) is 24.2 Å². The second-order valence-electron chi connectivity index (χ2n) is 4.54. The third-order valence-corrected chi connectivity index (χ3v) is 2.82. The fourth-order valence-electron chi connectivity index (χ4n) is 1.83. The zero-order chi connectivity index (χ0) is 14.7. The van der Waals surface area contributed by atoms with Gasteiger partial charge in [-0.1, -0.05) is 11.2 Å². The van der Waals surface area contributed by atoms with Crippen molar-refractivity contribution in [1.82, 2.24) is 10.1 Å². The molecule has 2 amide bonds. The van der Waals surface area contributed by atoms with Crippen LogP contribution in [0.1, 0.15) is 32.2 Å². The molecule has 104 valence electrons. The molecule has 0 aliphatic rings. The zero-order valence-electron chi connectivity index (χ0n) is 11.3. The van der Waals surface area contributed by atoms with Crippen molar-refractivity contribution in [2.75, 3.05) is 7.05 Å². The first-order valence-electron chi connectivity index (χ1n) is 6.05. The van der Waals surface area contributed by atoms with Gasteiger partial charge in [-0.05, 0) is 25.1 Å². The number of rotatable bonds is 4. The van der Waals surface area contributed by atoms with Crippen molar-refractivity contribution in [2.45, 2.75) is 13.5 Å². The maximum Gasteiger partial charge on any atom is 0.253 e. The van der Waals surface area contributed by atoms with Gasteiger partial charge in [-0.2, -0.15) is 0 Å². The van der Waals surface area contributed by atoms with Crippen molar-refractivity contribution in [3.8, 4) is 0 Å². The number of amides is 2. The van der Waals surface area contributed by atoms with Crippen molar-refractivity contribution < 1.29 is 14.1 Å². The van der Waals surface area contributed by atoms with E-state index in [2.05, 4.69) is 5.16 Å². The molecule has 0 unspecified atom stereocenters. The van der Waals surface area contributed by atoms with Crippen LogP contribution in [0, 0.1) is 6.92 Å². The van der Waals surface area contributed by atoms with E-state index in [9.17, 15) is 9.59 Å². The van der Waals surface area contributed by atoms with Crippen molar-refractivity contribution in [3.05, 3.63) is 52.9 Å². The molecule has 2 N–H and O–H groups in total. The lowest BCUT2D eigenvalue weighted by atomic mass is 10.1. The largest absolute Gasteiger partial charge is 0.366 e. The molecule has 0 aliphatic carbocycles. The van der Waals surface area contributed by atoms with Crippen LogP contribution in [-0.4, -0.2) is 28.9 Å². The fraction of sp³-hybridized carbons (Fsp3) is 0.214. The number of hydrogen-bond acceptors (Lipinski definition) is 4. The molecule has 0 aliphatic heterocycles. The van der Waals surface area contributed by atoms with Gasteiger partial charge in [0.1, 0.15) is 11.5 Å². The van der Waals surface area contributed by atoms with E-state index in [1.54, 1.807) is 38.2 Å². The molecule has 2 rings (SSSR count). The summed E-state index contributed by atoms with van der Waals surface area (Å²) in [6.07, 6.45) is 0. The number of carbonyl (C=O) groups excluding carboxylic acids is 2. The van der Waals surface area contributed by atoms with Crippen LogP contribution in [0.3, 0.4) is 0 Å². The highest BCUT2D eigenvalue weighted by Gasteiger charge is 2.15. The molecular formula is C14H15N3O3. The molecule has 2 aromatic rings. The highest BCUT2D eigenvalue weighted by Crippen LogP contribution is 2.10. The summed E-state index contributed by atoms with van der Waals surface area (Å²) in [7, 11) is 1.66. The second-order valence-corrected chi connectivity index (χ2v) is 4.54. The Bertz CT molecular complexity index is 649. The molecule has 1 heterocycles. The smallest absolute Gasteiger partial charge is 0.253 e. The number of benzene rings is 1. The highest BCUT2D eigenvalue weighted by molar-refractivity contribution is 5.98. The molecule has 20 heavy (non-hydrogen) atoms. The van der Waals surface area contributed by atoms with E-state index in [1.165, 1.54) is 11.0 Å². The Balaban J connectivity index is 2.14. The van der Waals surface area contributed by atoms with E-state index >= 15 is 0 Å². The average Bonchev–Trinajstić information content (AvgIpc) is 2.83. The van der Waals surface area contributed by atoms with Crippen LogP contribution in [0.2, 0.25) is 0 Å². The van der Waals surface area contributed by atoms with E-state index in [0.717, 1.165) is 0 Å². The molecule has 0 saturated carbocycles. The van der Waals surface area contributed by atoms with E-state index < -0.39 is 5.91 Å².